The van der Waals surface area contributed by atoms with Crippen molar-refractivity contribution >= 4 is 12.2 Å². The molecule has 0 radical (unpaired) electrons. The van der Waals surface area contributed by atoms with Crippen molar-refractivity contribution in [2.75, 3.05) is 6.61 Å². The van der Waals surface area contributed by atoms with Crippen molar-refractivity contribution in [3.8, 4) is 0 Å². The van der Waals surface area contributed by atoms with E-state index in [4.69, 9.17) is 17.0 Å². The SMILES string of the molecule is CC1(Cn2c(C(C)(C)C)c[nH]c2=S)CCCO1. The lowest BCUT2D eigenvalue weighted by molar-refractivity contribution is 0.00494. The van der Waals surface area contributed by atoms with Gasteiger partial charge < -0.3 is 14.3 Å². The third-order valence-corrected chi connectivity index (χ3v) is 3.77. The molecule has 0 aliphatic carbocycles. The molecule has 96 valence electrons. The van der Waals surface area contributed by atoms with Crippen molar-refractivity contribution in [1.82, 2.24) is 9.55 Å². The highest BCUT2D eigenvalue weighted by molar-refractivity contribution is 7.71. The maximum atomic E-state index is 5.86. The first-order valence-electron chi connectivity index (χ1n) is 6.24. The molecule has 0 bridgehead atoms. The van der Waals surface area contributed by atoms with E-state index in [2.05, 4.69) is 37.2 Å². The fourth-order valence-corrected chi connectivity index (χ4v) is 2.69. The zero-order valence-electron chi connectivity index (χ0n) is 11.2. The summed E-state index contributed by atoms with van der Waals surface area (Å²) in [5, 5.41) is 0. The van der Waals surface area contributed by atoms with E-state index in [0.717, 1.165) is 30.8 Å². The number of hydrogen-bond donors (Lipinski definition) is 1. The second-order valence-corrected chi connectivity index (χ2v) is 6.60. The fraction of sp³-hybridized carbons (Fsp3) is 0.769. The number of aromatic nitrogens is 2. The molecule has 1 saturated heterocycles. The number of rotatable bonds is 2. The van der Waals surface area contributed by atoms with Gasteiger partial charge in [0.05, 0.1) is 12.1 Å². The quantitative estimate of drug-likeness (QED) is 0.820. The Kier molecular flexibility index (Phi) is 3.21. The molecule has 1 unspecified atom stereocenters. The summed E-state index contributed by atoms with van der Waals surface area (Å²) >= 11 is 5.38. The molecular formula is C13H22N2OS. The molecule has 1 aliphatic heterocycles. The Morgan fingerprint density at radius 2 is 2.24 bits per heavy atom. The van der Waals surface area contributed by atoms with Gasteiger partial charge in [0.2, 0.25) is 0 Å². The highest BCUT2D eigenvalue weighted by Gasteiger charge is 2.32. The average molecular weight is 254 g/mol. The van der Waals surface area contributed by atoms with Crippen molar-refractivity contribution in [3.05, 3.63) is 16.7 Å². The standard InChI is InChI=1S/C13H22N2OS/c1-12(2,3)10-8-14-11(17)15(10)9-13(4)6-5-7-16-13/h8H,5-7,9H2,1-4H3,(H,14,17). The molecule has 4 heteroatoms. The van der Waals surface area contributed by atoms with Crippen LogP contribution in [0.4, 0.5) is 0 Å². The second kappa shape index (κ2) is 4.25. The van der Waals surface area contributed by atoms with Gasteiger partial charge in [-0.2, -0.15) is 0 Å². The number of H-pyrrole nitrogens is 1. The van der Waals surface area contributed by atoms with Gasteiger partial charge in [-0.3, -0.25) is 0 Å². The number of imidazole rings is 1. The molecule has 0 saturated carbocycles. The summed E-state index contributed by atoms with van der Waals surface area (Å²) in [6, 6.07) is 0. The van der Waals surface area contributed by atoms with Gasteiger partial charge >= 0.3 is 0 Å². The Balaban J connectivity index is 2.32. The van der Waals surface area contributed by atoms with Crippen LogP contribution in [0.25, 0.3) is 0 Å². The predicted molar refractivity (Wildman–Crippen MR) is 71.9 cm³/mol. The molecule has 0 spiro atoms. The molecule has 1 fully saturated rings. The highest BCUT2D eigenvalue weighted by Crippen LogP contribution is 2.30. The smallest absolute Gasteiger partial charge is 0.177 e. The molecule has 1 atom stereocenters. The minimum absolute atomic E-state index is 0.0551. The maximum Gasteiger partial charge on any atom is 0.177 e. The Morgan fingerprint density at radius 1 is 1.53 bits per heavy atom. The molecule has 3 nitrogen and oxygen atoms in total. The van der Waals surface area contributed by atoms with Crippen molar-refractivity contribution in [2.45, 2.75) is 58.1 Å². The van der Waals surface area contributed by atoms with Gasteiger partial charge in [-0.25, -0.2) is 0 Å². The lowest BCUT2D eigenvalue weighted by atomic mass is 9.92. The Hall–Kier alpha value is -0.610. The van der Waals surface area contributed by atoms with Crippen molar-refractivity contribution in [3.63, 3.8) is 0 Å². The van der Waals surface area contributed by atoms with Crippen LogP contribution in [0.3, 0.4) is 0 Å². The van der Waals surface area contributed by atoms with Gasteiger partial charge in [0.1, 0.15) is 0 Å². The van der Waals surface area contributed by atoms with Gasteiger partial charge in [0.25, 0.3) is 0 Å². The molecule has 1 aromatic rings. The average Bonchev–Trinajstić information content (AvgIpc) is 2.75. The number of ether oxygens (including phenoxy) is 1. The summed E-state index contributed by atoms with van der Waals surface area (Å²) in [6.07, 6.45) is 4.29. The summed E-state index contributed by atoms with van der Waals surface area (Å²) in [5.41, 5.74) is 1.29. The summed E-state index contributed by atoms with van der Waals surface area (Å²) in [4.78, 5) is 3.16. The largest absolute Gasteiger partial charge is 0.373 e. The van der Waals surface area contributed by atoms with E-state index >= 15 is 0 Å². The second-order valence-electron chi connectivity index (χ2n) is 6.22. The molecule has 2 heterocycles. The number of hydrogen-bond acceptors (Lipinski definition) is 2. The lowest BCUT2D eigenvalue weighted by Gasteiger charge is -2.28. The van der Waals surface area contributed by atoms with Crippen LogP contribution in [-0.2, 0) is 16.7 Å². The Labute approximate surface area is 108 Å². The monoisotopic (exact) mass is 254 g/mol. The van der Waals surface area contributed by atoms with E-state index in [9.17, 15) is 0 Å². The molecule has 2 rings (SSSR count). The normalized spacial score (nSPS) is 25.4. The van der Waals surface area contributed by atoms with Crippen LogP contribution in [0.5, 0.6) is 0 Å². The number of nitrogens with zero attached hydrogens (tertiary/aromatic N) is 1. The molecular weight excluding hydrogens is 232 g/mol. The van der Waals surface area contributed by atoms with E-state index in [1.54, 1.807) is 0 Å². The number of nitrogens with one attached hydrogen (secondary N) is 1. The lowest BCUT2D eigenvalue weighted by Crippen LogP contribution is -2.32. The predicted octanol–water partition coefficient (Wildman–Crippen LogP) is 3.41. The molecule has 1 aliphatic rings. The van der Waals surface area contributed by atoms with Crippen LogP contribution in [0, 0.1) is 4.77 Å². The van der Waals surface area contributed by atoms with Crippen LogP contribution >= 0.6 is 12.2 Å². The zero-order valence-corrected chi connectivity index (χ0v) is 12.0. The maximum absolute atomic E-state index is 5.86. The van der Waals surface area contributed by atoms with Crippen LogP contribution in [-0.4, -0.2) is 21.8 Å². The van der Waals surface area contributed by atoms with E-state index in [1.807, 2.05) is 6.20 Å². The molecule has 0 amide bonds. The number of aromatic amines is 1. The van der Waals surface area contributed by atoms with E-state index in [1.165, 1.54) is 5.69 Å². The van der Waals surface area contributed by atoms with Gasteiger partial charge in [0.15, 0.2) is 4.77 Å². The summed E-state index contributed by atoms with van der Waals surface area (Å²) in [5.74, 6) is 0. The third-order valence-electron chi connectivity index (χ3n) is 3.43. The van der Waals surface area contributed by atoms with Gasteiger partial charge in [-0.15, -0.1) is 0 Å². The van der Waals surface area contributed by atoms with Crippen molar-refractivity contribution < 1.29 is 4.74 Å². The summed E-state index contributed by atoms with van der Waals surface area (Å²) < 4.78 is 8.85. The van der Waals surface area contributed by atoms with Gasteiger partial charge in [-0.1, -0.05) is 20.8 Å². The zero-order chi connectivity index (χ0) is 12.7. The minimum Gasteiger partial charge on any atom is -0.373 e. The van der Waals surface area contributed by atoms with Crippen molar-refractivity contribution in [1.29, 1.82) is 0 Å². The fourth-order valence-electron chi connectivity index (χ4n) is 2.47. The molecule has 0 aromatic carbocycles. The van der Waals surface area contributed by atoms with Crippen LogP contribution < -0.4 is 0 Å². The first-order chi connectivity index (χ1) is 7.82. The molecule has 17 heavy (non-hydrogen) atoms. The Morgan fingerprint density at radius 3 is 2.76 bits per heavy atom. The van der Waals surface area contributed by atoms with Gasteiger partial charge in [-0.05, 0) is 32.0 Å². The van der Waals surface area contributed by atoms with E-state index < -0.39 is 0 Å². The van der Waals surface area contributed by atoms with Crippen molar-refractivity contribution in [2.24, 2.45) is 0 Å². The Bertz CT molecular complexity index is 447. The van der Waals surface area contributed by atoms with E-state index in [0.29, 0.717) is 0 Å². The minimum atomic E-state index is -0.0551. The topological polar surface area (TPSA) is 29.9 Å². The highest BCUT2D eigenvalue weighted by atomic mass is 32.1. The van der Waals surface area contributed by atoms with Crippen LogP contribution in [0.15, 0.2) is 6.20 Å². The summed E-state index contributed by atoms with van der Waals surface area (Å²) in [7, 11) is 0. The van der Waals surface area contributed by atoms with E-state index in [-0.39, 0.29) is 11.0 Å². The van der Waals surface area contributed by atoms with Gasteiger partial charge in [0, 0.05) is 23.9 Å². The first kappa shape index (κ1) is 12.8. The third kappa shape index (κ3) is 2.63. The van der Waals surface area contributed by atoms with Crippen LogP contribution in [0.2, 0.25) is 0 Å². The molecule has 1 N–H and O–H groups in total. The molecule has 1 aromatic heterocycles. The first-order valence-corrected chi connectivity index (χ1v) is 6.65. The summed E-state index contributed by atoms with van der Waals surface area (Å²) in [6.45, 7) is 10.5. The van der Waals surface area contributed by atoms with Crippen LogP contribution in [0.1, 0.15) is 46.2 Å².